The number of amides is 1. The molecule has 0 unspecified atom stereocenters. The van der Waals surface area contributed by atoms with E-state index in [1.54, 1.807) is 61.9 Å². The summed E-state index contributed by atoms with van der Waals surface area (Å²) in [7, 11) is 1.59. The molecule has 7 aromatic rings. The van der Waals surface area contributed by atoms with Gasteiger partial charge in [0, 0.05) is 33.4 Å². The molecule has 1 amide bonds. The molecule has 3 aromatic heterocycles. The molecule has 7 rings (SSSR count). The summed E-state index contributed by atoms with van der Waals surface area (Å²) in [6.07, 6.45) is 3.43. The first-order valence-electron chi connectivity index (χ1n) is 13.7. The number of hydrogen-bond acceptors (Lipinski definition) is 6. The topological polar surface area (TPSA) is 104 Å². The number of aromatic nitrogens is 3. The van der Waals surface area contributed by atoms with Gasteiger partial charge in [-0.1, -0.05) is 48.0 Å². The lowest BCUT2D eigenvalue weighted by molar-refractivity contribution is -0.116. The highest BCUT2D eigenvalue weighted by Crippen LogP contribution is 2.33. The highest BCUT2D eigenvalue weighted by molar-refractivity contribution is 6.30. The fourth-order valence-corrected chi connectivity index (χ4v) is 5.36. The number of hydrogen-bond donors (Lipinski definition) is 1. The maximum atomic E-state index is 13.8. The van der Waals surface area contributed by atoms with Crippen LogP contribution < -0.4 is 15.6 Å². The van der Waals surface area contributed by atoms with Crippen molar-refractivity contribution >= 4 is 62.2 Å². The average Bonchev–Trinajstić information content (AvgIpc) is 3.63. The van der Waals surface area contributed by atoms with Crippen molar-refractivity contribution < 1.29 is 13.9 Å². The molecule has 0 saturated heterocycles. The quantitative estimate of drug-likeness (QED) is 0.199. The number of nitrogens with zero attached hydrogens (tertiary/aromatic N) is 4. The van der Waals surface area contributed by atoms with Crippen molar-refractivity contribution in [2.24, 2.45) is 5.10 Å². The molecule has 0 saturated carbocycles. The summed E-state index contributed by atoms with van der Waals surface area (Å²) in [5, 5.41) is 10.2. The highest BCUT2D eigenvalue weighted by atomic mass is 35.5. The number of ether oxygens (including phenoxy) is 1. The van der Waals surface area contributed by atoms with Crippen LogP contribution in [0.1, 0.15) is 5.56 Å². The zero-order chi connectivity index (χ0) is 30.2. The minimum atomic E-state index is -0.347. The zero-order valence-corrected chi connectivity index (χ0v) is 24.2. The summed E-state index contributed by atoms with van der Waals surface area (Å²) in [4.78, 5) is 31.5. The van der Waals surface area contributed by atoms with E-state index in [1.807, 2.05) is 59.3 Å². The van der Waals surface area contributed by atoms with Gasteiger partial charge in [-0.3, -0.25) is 9.59 Å². The lowest BCUT2D eigenvalue weighted by Crippen LogP contribution is -2.20. The number of rotatable bonds is 7. The van der Waals surface area contributed by atoms with Crippen molar-refractivity contribution in [3.63, 3.8) is 0 Å². The van der Waals surface area contributed by atoms with Gasteiger partial charge in [0.05, 0.1) is 29.6 Å². The molecule has 0 aliphatic rings. The standard InChI is InChI=1S/C34H24ClN5O4/c1-43-29-11-6-12-30-26(29)17-31(44-30)33-38-27-9-4-2-8-25(27)34(42)40(33)36-18-21-19-39(28-10-5-3-7-24(21)28)20-32(41)37-23-15-13-22(35)14-16-23/h2-19H,20H2,1H3,(H,37,41). The van der Waals surface area contributed by atoms with Crippen molar-refractivity contribution in [2.75, 3.05) is 12.4 Å². The Morgan fingerprint density at radius 2 is 1.75 bits per heavy atom. The van der Waals surface area contributed by atoms with Gasteiger partial charge in [-0.05, 0) is 60.7 Å². The molecule has 0 bridgehead atoms. The number of nitrogens with one attached hydrogen (secondary N) is 1. The van der Waals surface area contributed by atoms with Crippen LogP contribution in [0.4, 0.5) is 5.69 Å². The van der Waals surface area contributed by atoms with Gasteiger partial charge in [0.25, 0.3) is 5.56 Å². The molecule has 9 nitrogen and oxygen atoms in total. The van der Waals surface area contributed by atoms with Crippen LogP contribution in [0.2, 0.25) is 5.02 Å². The lowest BCUT2D eigenvalue weighted by Gasteiger charge is -2.07. The number of anilines is 1. The van der Waals surface area contributed by atoms with Gasteiger partial charge in [0.2, 0.25) is 11.7 Å². The molecular formula is C34H24ClN5O4. The maximum Gasteiger partial charge on any atom is 0.282 e. The first-order chi connectivity index (χ1) is 21.5. The Hall–Kier alpha value is -5.67. The number of furan rings is 1. The van der Waals surface area contributed by atoms with Crippen LogP contribution in [0.3, 0.4) is 0 Å². The molecule has 4 aromatic carbocycles. The minimum absolute atomic E-state index is 0.0700. The molecule has 0 atom stereocenters. The third-order valence-corrected chi connectivity index (χ3v) is 7.54. The highest BCUT2D eigenvalue weighted by Gasteiger charge is 2.18. The Balaban J connectivity index is 1.30. The Kier molecular flexibility index (Phi) is 6.92. The summed E-state index contributed by atoms with van der Waals surface area (Å²) >= 11 is 5.97. The minimum Gasteiger partial charge on any atom is -0.496 e. The number of methoxy groups -OCH3 is 1. The number of carbonyl (C=O) groups excluding carboxylic acids is 1. The van der Waals surface area contributed by atoms with Gasteiger partial charge in [-0.15, -0.1) is 0 Å². The Bertz CT molecular complexity index is 2280. The fraction of sp³-hybridized carbons (Fsp3) is 0.0588. The summed E-state index contributed by atoms with van der Waals surface area (Å²) in [6.45, 7) is 0.0700. The summed E-state index contributed by atoms with van der Waals surface area (Å²) in [5.74, 6) is 1.05. The van der Waals surface area contributed by atoms with E-state index >= 15 is 0 Å². The van der Waals surface area contributed by atoms with Gasteiger partial charge in [0.15, 0.2) is 5.76 Å². The summed E-state index contributed by atoms with van der Waals surface area (Å²) in [6, 6.07) is 29.0. The molecular weight excluding hydrogens is 578 g/mol. The molecule has 0 spiro atoms. The van der Waals surface area contributed by atoms with E-state index in [-0.39, 0.29) is 23.8 Å². The monoisotopic (exact) mass is 601 g/mol. The molecule has 1 N–H and O–H groups in total. The van der Waals surface area contributed by atoms with Crippen molar-refractivity contribution in [3.05, 3.63) is 124 Å². The third kappa shape index (κ3) is 4.99. The van der Waals surface area contributed by atoms with Crippen LogP contribution >= 0.6 is 11.6 Å². The van der Waals surface area contributed by atoms with Gasteiger partial charge in [0.1, 0.15) is 17.9 Å². The number of halogens is 1. The molecule has 3 heterocycles. The summed E-state index contributed by atoms with van der Waals surface area (Å²) < 4.78 is 14.7. The van der Waals surface area contributed by atoms with E-state index in [0.29, 0.717) is 38.7 Å². The predicted octanol–water partition coefficient (Wildman–Crippen LogP) is 6.95. The van der Waals surface area contributed by atoms with Crippen LogP contribution in [-0.4, -0.2) is 33.5 Å². The molecule has 0 aliphatic carbocycles. The van der Waals surface area contributed by atoms with Crippen LogP contribution in [-0.2, 0) is 11.3 Å². The zero-order valence-electron chi connectivity index (χ0n) is 23.4. The normalized spacial score (nSPS) is 11.6. The van der Waals surface area contributed by atoms with Crippen molar-refractivity contribution in [1.82, 2.24) is 14.2 Å². The molecule has 216 valence electrons. The molecule has 44 heavy (non-hydrogen) atoms. The molecule has 0 fully saturated rings. The largest absolute Gasteiger partial charge is 0.496 e. The van der Waals surface area contributed by atoms with Gasteiger partial charge in [-0.25, -0.2) is 4.98 Å². The first-order valence-corrected chi connectivity index (χ1v) is 14.1. The summed E-state index contributed by atoms with van der Waals surface area (Å²) in [5.41, 5.74) is 2.98. The van der Waals surface area contributed by atoms with E-state index in [4.69, 9.17) is 25.7 Å². The lowest BCUT2D eigenvalue weighted by atomic mass is 10.2. The van der Waals surface area contributed by atoms with Gasteiger partial charge in [-0.2, -0.15) is 9.78 Å². The molecule has 10 heteroatoms. The van der Waals surface area contributed by atoms with Crippen LogP contribution in [0, 0.1) is 0 Å². The second kappa shape index (κ2) is 11.2. The predicted molar refractivity (Wildman–Crippen MR) is 173 cm³/mol. The first kappa shape index (κ1) is 27.2. The number of para-hydroxylation sites is 2. The average molecular weight is 602 g/mol. The van der Waals surface area contributed by atoms with Crippen LogP contribution in [0.25, 0.3) is 44.4 Å². The fourth-order valence-electron chi connectivity index (χ4n) is 5.23. The smallest absolute Gasteiger partial charge is 0.282 e. The third-order valence-electron chi connectivity index (χ3n) is 7.29. The van der Waals surface area contributed by atoms with E-state index in [1.165, 1.54) is 4.68 Å². The second-order valence-corrected chi connectivity index (χ2v) is 10.5. The maximum absolute atomic E-state index is 13.8. The van der Waals surface area contributed by atoms with Crippen LogP contribution in [0.15, 0.2) is 118 Å². The SMILES string of the molecule is COc1cccc2oc(-c3nc4ccccc4c(=O)n3N=Cc3cn(CC(=O)Nc4ccc(Cl)cc4)c4ccccc34)cc12. The van der Waals surface area contributed by atoms with Crippen molar-refractivity contribution in [2.45, 2.75) is 6.54 Å². The van der Waals surface area contributed by atoms with Crippen LogP contribution in [0.5, 0.6) is 5.75 Å². The van der Waals surface area contributed by atoms with Crippen molar-refractivity contribution in [3.8, 4) is 17.3 Å². The van der Waals surface area contributed by atoms with Gasteiger partial charge < -0.3 is 19.0 Å². The second-order valence-electron chi connectivity index (χ2n) is 10.1. The number of benzene rings is 4. The van der Waals surface area contributed by atoms with Gasteiger partial charge >= 0.3 is 0 Å². The number of fused-ring (bicyclic) bond motifs is 3. The van der Waals surface area contributed by atoms with E-state index in [2.05, 4.69) is 10.4 Å². The Morgan fingerprint density at radius 1 is 0.977 bits per heavy atom. The molecule has 0 radical (unpaired) electrons. The Labute approximate surface area is 255 Å². The Morgan fingerprint density at radius 3 is 2.57 bits per heavy atom. The molecule has 0 aliphatic heterocycles. The van der Waals surface area contributed by atoms with Crippen molar-refractivity contribution in [1.29, 1.82) is 0 Å². The van der Waals surface area contributed by atoms with E-state index < -0.39 is 0 Å². The number of carbonyl (C=O) groups is 1. The van der Waals surface area contributed by atoms with E-state index in [0.717, 1.165) is 21.9 Å². The van der Waals surface area contributed by atoms with E-state index in [9.17, 15) is 9.59 Å².